The predicted molar refractivity (Wildman–Crippen MR) is 142 cm³/mol. The summed E-state index contributed by atoms with van der Waals surface area (Å²) in [6.45, 7) is 16.5. The number of carbonyl (C=O) groups excluding carboxylic acids is 3. The molecular weight excluding hydrogens is 420 g/mol. The highest BCUT2D eigenvalue weighted by atomic mass is 16.2. The van der Waals surface area contributed by atoms with E-state index < -0.39 is 16.7 Å². The van der Waals surface area contributed by atoms with Gasteiger partial charge in [0, 0.05) is 12.3 Å². The van der Waals surface area contributed by atoms with Crippen LogP contribution in [0, 0.1) is 22.7 Å². The highest BCUT2D eigenvalue weighted by Gasteiger charge is 2.64. The molecule has 0 spiro atoms. The minimum Gasteiger partial charge on any atom is -0.299 e. The summed E-state index contributed by atoms with van der Waals surface area (Å²) < 4.78 is 0. The van der Waals surface area contributed by atoms with Crippen LogP contribution in [0.5, 0.6) is 0 Å². The molecule has 0 aromatic heterocycles. The molecule has 34 heavy (non-hydrogen) atoms. The van der Waals surface area contributed by atoms with Crippen molar-refractivity contribution in [3.63, 3.8) is 0 Å². The zero-order chi connectivity index (χ0) is 25.7. The monoisotopic (exact) mass is 466 g/mol. The Hall–Kier alpha value is -2.03. The molecule has 0 heterocycles. The van der Waals surface area contributed by atoms with Crippen molar-refractivity contribution in [3.8, 4) is 0 Å². The number of ketones is 3. The molecule has 0 saturated heterocycles. The second kappa shape index (κ2) is 11.6. The number of hydrogen-bond donors (Lipinski definition) is 0. The first-order valence-electron chi connectivity index (χ1n) is 13.0. The SMILES string of the molecule is CC(C)=CCC/C(C)=C/C[C@@H]1C(=O)[C@]2(C/C=C(\C)CCC=C(C)C)CCC(=O)[C@@H](C2=O)C1(C)C. The average molecular weight is 467 g/mol. The summed E-state index contributed by atoms with van der Waals surface area (Å²) in [5.41, 5.74) is 3.41. The molecule has 2 aliphatic carbocycles. The van der Waals surface area contributed by atoms with E-state index in [0.717, 1.165) is 25.7 Å². The van der Waals surface area contributed by atoms with Crippen molar-refractivity contribution in [1.82, 2.24) is 0 Å². The second-order valence-corrected chi connectivity index (χ2v) is 11.8. The molecule has 0 unspecified atom stereocenters. The van der Waals surface area contributed by atoms with Gasteiger partial charge < -0.3 is 0 Å². The molecule has 2 aliphatic rings. The lowest BCUT2D eigenvalue weighted by molar-refractivity contribution is -0.168. The van der Waals surface area contributed by atoms with Crippen LogP contribution in [0.15, 0.2) is 46.6 Å². The topological polar surface area (TPSA) is 51.2 Å². The fourth-order valence-electron chi connectivity index (χ4n) is 5.66. The van der Waals surface area contributed by atoms with Crippen molar-refractivity contribution in [2.24, 2.45) is 22.7 Å². The third kappa shape index (κ3) is 6.34. The first kappa shape index (κ1) is 28.2. The molecule has 2 bridgehead atoms. The third-order valence-corrected chi connectivity index (χ3v) is 7.97. The highest BCUT2D eigenvalue weighted by Crippen LogP contribution is 2.56. The molecule has 2 saturated carbocycles. The summed E-state index contributed by atoms with van der Waals surface area (Å²) in [5.74, 6) is -1.00. The maximum absolute atomic E-state index is 14.0. The van der Waals surface area contributed by atoms with E-state index in [1.54, 1.807) is 0 Å². The van der Waals surface area contributed by atoms with Gasteiger partial charge in [0.2, 0.25) is 0 Å². The largest absolute Gasteiger partial charge is 0.299 e. The zero-order valence-electron chi connectivity index (χ0n) is 22.8. The maximum Gasteiger partial charge on any atom is 0.157 e. The minimum absolute atomic E-state index is 0.0247. The Morgan fingerprint density at radius 3 is 1.85 bits per heavy atom. The van der Waals surface area contributed by atoms with E-state index in [9.17, 15) is 14.4 Å². The third-order valence-electron chi connectivity index (χ3n) is 7.97. The Morgan fingerprint density at radius 1 is 0.794 bits per heavy atom. The molecule has 0 radical (unpaired) electrons. The van der Waals surface area contributed by atoms with Gasteiger partial charge in [0.1, 0.15) is 5.78 Å². The maximum atomic E-state index is 14.0. The lowest BCUT2D eigenvalue weighted by Gasteiger charge is -2.52. The van der Waals surface area contributed by atoms with Crippen molar-refractivity contribution in [3.05, 3.63) is 46.6 Å². The van der Waals surface area contributed by atoms with Crippen LogP contribution < -0.4 is 0 Å². The van der Waals surface area contributed by atoms with Crippen LogP contribution in [-0.2, 0) is 14.4 Å². The van der Waals surface area contributed by atoms with Crippen molar-refractivity contribution >= 4 is 17.3 Å². The van der Waals surface area contributed by atoms with Crippen LogP contribution in [0.3, 0.4) is 0 Å². The zero-order valence-corrected chi connectivity index (χ0v) is 22.8. The molecule has 188 valence electrons. The summed E-state index contributed by atoms with van der Waals surface area (Å²) in [6, 6.07) is 0. The molecule has 0 aromatic carbocycles. The predicted octanol–water partition coefficient (Wildman–Crippen LogP) is 7.91. The Labute approximate surface area is 207 Å². The van der Waals surface area contributed by atoms with E-state index in [-0.39, 0.29) is 23.3 Å². The van der Waals surface area contributed by atoms with Gasteiger partial charge in [-0.2, -0.15) is 0 Å². The first-order chi connectivity index (χ1) is 15.8. The molecule has 3 nitrogen and oxygen atoms in total. The Morgan fingerprint density at radius 2 is 1.32 bits per heavy atom. The molecule has 0 amide bonds. The van der Waals surface area contributed by atoms with Gasteiger partial charge in [-0.3, -0.25) is 14.4 Å². The van der Waals surface area contributed by atoms with Crippen molar-refractivity contribution < 1.29 is 14.4 Å². The lowest BCUT2D eigenvalue weighted by Crippen LogP contribution is -2.63. The fraction of sp³-hybridized carbons (Fsp3) is 0.645. The quantitative estimate of drug-likeness (QED) is 0.243. The van der Waals surface area contributed by atoms with Gasteiger partial charge in [-0.25, -0.2) is 0 Å². The summed E-state index contributed by atoms with van der Waals surface area (Å²) in [6.07, 6.45) is 14.3. The first-order valence-corrected chi connectivity index (χ1v) is 13.0. The summed E-state index contributed by atoms with van der Waals surface area (Å²) in [7, 11) is 0. The smallest absolute Gasteiger partial charge is 0.157 e. The van der Waals surface area contributed by atoms with Gasteiger partial charge in [0.25, 0.3) is 0 Å². The minimum atomic E-state index is -1.03. The standard InChI is InChI=1S/C31H46O3/c1-21(2)11-9-13-23(5)15-16-25-28(33)31(19-17-24(6)14-10-12-22(3)4)20-18-26(32)27(29(31)34)30(25,7)8/h11-12,15,17,25,27H,9-10,13-14,16,18-20H2,1-8H3/b23-15+,24-17+/t25-,27+,31+/m1/s1. The summed E-state index contributed by atoms with van der Waals surface area (Å²) in [5, 5.41) is 0. The lowest BCUT2D eigenvalue weighted by atomic mass is 9.47. The van der Waals surface area contributed by atoms with E-state index >= 15 is 0 Å². The van der Waals surface area contributed by atoms with Crippen LogP contribution in [0.4, 0.5) is 0 Å². The molecular formula is C31H46O3. The fourth-order valence-corrected chi connectivity index (χ4v) is 5.66. The number of carbonyl (C=O) groups is 3. The number of rotatable bonds is 10. The molecule has 0 aromatic rings. The molecule has 0 aliphatic heterocycles. The van der Waals surface area contributed by atoms with Gasteiger partial charge in [0.05, 0.1) is 11.3 Å². The summed E-state index contributed by atoms with van der Waals surface area (Å²) in [4.78, 5) is 40.6. The van der Waals surface area contributed by atoms with Crippen LogP contribution in [0.1, 0.15) is 107 Å². The molecule has 3 atom stereocenters. The van der Waals surface area contributed by atoms with Crippen LogP contribution in [-0.4, -0.2) is 17.3 Å². The van der Waals surface area contributed by atoms with E-state index in [1.165, 1.54) is 22.3 Å². The van der Waals surface area contributed by atoms with E-state index in [4.69, 9.17) is 0 Å². The van der Waals surface area contributed by atoms with Crippen LogP contribution in [0.25, 0.3) is 0 Å². The van der Waals surface area contributed by atoms with Gasteiger partial charge in [-0.05, 0) is 91.9 Å². The van der Waals surface area contributed by atoms with E-state index in [1.807, 2.05) is 13.8 Å². The number of allylic oxidation sites excluding steroid dienone is 8. The molecule has 0 N–H and O–H groups in total. The van der Waals surface area contributed by atoms with Crippen LogP contribution >= 0.6 is 0 Å². The second-order valence-electron chi connectivity index (χ2n) is 11.8. The van der Waals surface area contributed by atoms with Crippen molar-refractivity contribution in [1.29, 1.82) is 0 Å². The Kier molecular flexibility index (Phi) is 9.62. The number of Topliss-reactive ketones (excluding diaryl/α,β-unsaturated/α-hetero) is 3. The van der Waals surface area contributed by atoms with Gasteiger partial charge in [-0.15, -0.1) is 0 Å². The van der Waals surface area contributed by atoms with Crippen LogP contribution in [0.2, 0.25) is 0 Å². The molecule has 2 fully saturated rings. The number of hydrogen-bond acceptors (Lipinski definition) is 3. The van der Waals surface area contributed by atoms with E-state index in [2.05, 4.69) is 65.8 Å². The highest BCUT2D eigenvalue weighted by molar-refractivity contribution is 6.20. The van der Waals surface area contributed by atoms with E-state index in [0.29, 0.717) is 25.7 Å². The van der Waals surface area contributed by atoms with Gasteiger partial charge in [0.15, 0.2) is 11.6 Å². The Bertz CT molecular complexity index is 916. The number of fused-ring (bicyclic) bond motifs is 2. The normalized spacial score (nSPS) is 27.0. The van der Waals surface area contributed by atoms with Crippen molar-refractivity contribution in [2.45, 2.75) is 107 Å². The van der Waals surface area contributed by atoms with Gasteiger partial charge in [-0.1, -0.05) is 60.4 Å². The average Bonchev–Trinajstić information content (AvgIpc) is 2.72. The van der Waals surface area contributed by atoms with Gasteiger partial charge >= 0.3 is 0 Å². The molecule has 3 heteroatoms. The van der Waals surface area contributed by atoms with Crippen molar-refractivity contribution in [2.75, 3.05) is 0 Å². The Balaban J connectivity index is 2.30. The molecule has 2 rings (SSSR count). The summed E-state index contributed by atoms with van der Waals surface area (Å²) >= 11 is 0.